The van der Waals surface area contributed by atoms with E-state index < -0.39 is 0 Å². The molecule has 5 nitrogen and oxygen atoms in total. The minimum Gasteiger partial charge on any atom is -0.466 e. The fourth-order valence-corrected chi connectivity index (χ4v) is 1.74. The normalized spacial score (nSPS) is 9.89. The number of ether oxygens (including phenoxy) is 1. The molecule has 1 heterocycles. The molecule has 0 atom stereocenters. The van der Waals surface area contributed by atoms with Gasteiger partial charge in [0.1, 0.15) is 5.69 Å². The van der Waals surface area contributed by atoms with Gasteiger partial charge in [0.15, 0.2) is 0 Å². The fraction of sp³-hybridized carbons (Fsp3) is 0.417. The van der Waals surface area contributed by atoms with Gasteiger partial charge >= 0.3 is 5.97 Å². The molecule has 0 aliphatic carbocycles. The molecule has 0 aliphatic heterocycles. The van der Waals surface area contributed by atoms with Crippen LogP contribution in [0.3, 0.4) is 0 Å². The van der Waals surface area contributed by atoms with Gasteiger partial charge < -0.3 is 10.1 Å². The fourth-order valence-electron chi connectivity index (χ4n) is 1.30. The molecular weight excluding hydrogens is 300 g/mol. The van der Waals surface area contributed by atoms with Crippen LogP contribution in [0.2, 0.25) is 0 Å². The first-order chi connectivity index (χ1) is 8.65. The van der Waals surface area contributed by atoms with E-state index in [0.29, 0.717) is 36.2 Å². The second-order valence-electron chi connectivity index (χ2n) is 3.50. The molecule has 0 fully saturated rings. The molecule has 0 radical (unpaired) electrons. The lowest BCUT2D eigenvalue weighted by atomic mass is 10.3. The molecule has 0 spiro atoms. The molecular formula is C12H15BrN2O3. The minimum absolute atomic E-state index is 0.245. The Morgan fingerprint density at radius 3 is 2.94 bits per heavy atom. The van der Waals surface area contributed by atoms with Crippen LogP contribution in [-0.2, 0) is 9.53 Å². The van der Waals surface area contributed by atoms with E-state index in [-0.39, 0.29) is 11.9 Å². The van der Waals surface area contributed by atoms with Crippen molar-refractivity contribution < 1.29 is 14.3 Å². The third-order valence-electron chi connectivity index (χ3n) is 2.12. The van der Waals surface area contributed by atoms with Gasteiger partial charge in [-0.15, -0.1) is 0 Å². The van der Waals surface area contributed by atoms with Crippen molar-refractivity contribution in [3.8, 4) is 0 Å². The van der Waals surface area contributed by atoms with Crippen LogP contribution in [0.15, 0.2) is 22.8 Å². The van der Waals surface area contributed by atoms with Crippen molar-refractivity contribution in [3.05, 3.63) is 28.5 Å². The zero-order valence-electron chi connectivity index (χ0n) is 10.1. The summed E-state index contributed by atoms with van der Waals surface area (Å²) >= 11 is 3.25. The molecule has 1 N–H and O–H groups in total. The molecule has 0 saturated heterocycles. The van der Waals surface area contributed by atoms with E-state index in [0.717, 1.165) is 0 Å². The smallest absolute Gasteiger partial charge is 0.305 e. The van der Waals surface area contributed by atoms with Gasteiger partial charge in [0.05, 0.1) is 6.61 Å². The van der Waals surface area contributed by atoms with Crippen LogP contribution in [0.4, 0.5) is 0 Å². The second kappa shape index (κ2) is 7.81. The molecule has 0 saturated carbocycles. The highest BCUT2D eigenvalue weighted by Gasteiger charge is 2.10. The number of hydrogen-bond donors (Lipinski definition) is 1. The van der Waals surface area contributed by atoms with Crippen LogP contribution in [0.5, 0.6) is 0 Å². The Morgan fingerprint density at radius 1 is 1.50 bits per heavy atom. The van der Waals surface area contributed by atoms with Gasteiger partial charge in [-0.1, -0.05) is 0 Å². The van der Waals surface area contributed by atoms with Gasteiger partial charge in [-0.3, -0.25) is 9.59 Å². The Labute approximate surface area is 114 Å². The number of pyridine rings is 1. The first-order valence-electron chi connectivity index (χ1n) is 5.69. The van der Waals surface area contributed by atoms with Gasteiger partial charge in [0.25, 0.3) is 5.91 Å². The number of amides is 1. The first-order valence-corrected chi connectivity index (χ1v) is 6.48. The average molecular weight is 315 g/mol. The van der Waals surface area contributed by atoms with Crippen molar-refractivity contribution in [2.24, 2.45) is 0 Å². The topological polar surface area (TPSA) is 68.3 Å². The van der Waals surface area contributed by atoms with Gasteiger partial charge in [-0.05, 0) is 41.4 Å². The average Bonchev–Trinajstić information content (AvgIpc) is 2.35. The standard InChI is InChI=1S/C12H15BrN2O3/c1-2-18-10(16)6-4-8-15-12(17)11-9(13)5-3-7-14-11/h3,5,7H,2,4,6,8H2,1H3,(H,15,17). The molecule has 0 unspecified atom stereocenters. The predicted octanol–water partition coefficient (Wildman–Crippen LogP) is 1.92. The summed E-state index contributed by atoms with van der Waals surface area (Å²) in [6.07, 6.45) is 2.41. The van der Waals surface area contributed by atoms with E-state index in [2.05, 4.69) is 26.2 Å². The lowest BCUT2D eigenvalue weighted by molar-refractivity contribution is -0.143. The van der Waals surface area contributed by atoms with Crippen LogP contribution in [0.25, 0.3) is 0 Å². The largest absolute Gasteiger partial charge is 0.466 e. The van der Waals surface area contributed by atoms with Crippen LogP contribution < -0.4 is 5.32 Å². The lowest BCUT2D eigenvalue weighted by Crippen LogP contribution is -2.26. The quantitative estimate of drug-likeness (QED) is 0.643. The van der Waals surface area contributed by atoms with Crippen molar-refractivity contribution in [2.75, 3.05) is 13.2 Å². The zero-order valence-corrected chi connectivity index (χ0v) is 11.7. The van der Waals surface area contributed by atoms with Crippen molar-refractivity contribution in [2.45, 2.75) is 19.8 Å². The maximum absolute atomic E-state index is 11.7. The molecule has 6 heteroatoms. The monoisotopic (exact) mass is 314 g/mol. The summed E-state index contributed by atoms with van der Waals surface area (Å²) in [4.78, 5) is 26.7. The second-order valence-corrected chi connectivity index (χ2v) is 4.35. The predicted molar refractivity (Wildman–Crippen MR) is 70.1 cm³/mol. The SMILES string of the molecule is CCOC(=O)CCCNC(=O)c1ncccc1Br. The van der Waals surface area contributed by atoms with Crippen molar-refractivity contribution in [1.29, 1.82) is 0 Å². The first kappa shape index (κ1) is 14.6. The number of esters is 1. The van der Waals surface area contributed by atoms with E-state index in [9.17, 15) is 9.59 Å². The third kappa shape index (κ3) is 4.83. The summed E-state index contributed by atoms with van der Waals surface area (Å²) in [6, 6.07) is 3.49. The summed E-state index contributed by atoms with van der Waals surface area (Å²) < 4.78 is 5.43. The van der Waals surface area contributed by atoms with Crippen LogP contribution in [0.1, 0.15) is 30.3 Å². The summed E-state index contributed by atoms with van der Waals surface area (Å²) in [6.45, 7) is 2.56. The molecule has 98 valence electrons. The summed E-state index contributed by atoms with van der Waals surface area (Å²) in [7, 11) is 0. The lowest BCUT2D eigenvalue weighted by Gasteiger charge is -2.05. The number of nitrogens with one attached hydrogen (secondary N) is 1. The maximum atomic E-state index is 11.7. The summed E-state index contributed by atoms with van der Waals surface area (Å²) in [5.74, 6) is -0.503. The molecule has 1 aromatic rings. The molecule has 0 aliphatic rings. The number of nitrogens with zero attached hydrogens (tertiary/aromatic N) is 1. The van der Waals surface area contributed by atoms with Gasteiger partial charge in [0.2, 0.25) is 0 Å². The minimum atomic E-state index is -0.258. The Bertz CT molecular complexity index is 424. The van der Waals surface area contributed by atoms with Crippen molar-refractivity contribution in [1.82, 2.24) is 10.3 Å². The Hall–Kier alpha value is -1.43. The van der Waals surface area contributed by atoms with Gasteiger partial charge in [-0.2, -0.15) is 0 Å². The highest BCUT2D eigenvalue weighted by molar-refractivity contribution is 9.10. The number of hydrogen-bond acceptors (Lipinski definition) is 4. The Balaban J connectivity index is 2.30. The van der Waals surface area contributed by atoms with Gasteiger partial charge in [-0.25, -0.2) is 4.98 Å². The van der Waals surface area contributed by atoms with Crippen molar-refractivity contribution in [3.63, 3.8) is 0 Å². The van der Waals surface area contributed by atoms with E-state index in [4.69, 9.17) is 4.74 Å². The van der Waals surface area contributed by atoms with Crippen LogP contribution in [-0.4, -0.2) is 30.0 Å². The van der Waals surface area contributed by atoms with Crippen LogP contribution >= 0.6 is 15.9 Å². The van der Waals surface area contributed by atoms with Crippen LogP contribution in [0, 0.1) is 0 Å². The van der Waals surface area contributed by atoms with E-state index in [1.165, 1.54) is 0 Å². The van der Waals surface area contributed by atoms with E-state index >= 15 is 0 Å². The van der Waals surface area contributed by atoms with E-state index in [1.807, 2.05) is 0 Å². The molecule has 1 amide bonds. The molecule has 1 rings (SSSR count). The highest BCUT2D eigenvalue weighted by Crippen LogP contribution is 2.12. The number of aromatic nitrogens is 1. The maximum Gasteiger partial charge on any atom is 0.305 e. The number of halogens is 1. The summed E-state index contributed by atoms with van der Waals surface area (Å²) in [5.41, 5.74) is 0.341. The summed E-state index contributed by atoms with van der Waals surface area (Å²) in [5, 5.41) is 2.70. The zero-order chi connectivity index (χ0) is 13.4. The number of carbonyl (C=O) groups is 2. The van der Waals surface area contributed by atoms with Crippen molar-refractivity contribution >= 4 is 27.8 Å². The molecule has 1 aromatic heterocycles. The Morgan fingerprint density at radius 2 is 2.28 bits per heavy atom. The Kier molecular flexibility index (Phi) is 6.35. The van der Waals surface area contributed by atoms with Gasteiger partial charge in [0, 0.05) is 23.6 Å². The number of carbonyl (C=O) groups excluding carboxylic acids is 2. The third-order valence-corrected chi connectivity index (χ3v) is 2.76. The van der Waals surface area contributed by atoms with E-state index in [1.54, 1.807) is 25.3 Å². The molecule has 0 aromatic carbocycles. The highest BCUT2D eigenvalue weighted by atomic mass is 79.9. The number of rotatable bonds is 6. The molecule has 18 heavy (non-hydrogen) atoms. The molecule has 0 bridgehead atoms.